The maximum atomic E-state index is 13.8. The van der Waals surface area contributed by atoms with Crippen LogP contribution in [0.2, 0.25) is 5.02 Å². The third kappa shape index (κ3) is 2.64. The van der Waals surface area contributed by atoms with Gasteiger partial charge in [0.05, 0.1) is 5.92 Å². The molecule has 0 unspecified atom stereocenters. The lowest BCUT2D eigenvalue weighted by Gasteiger charge is -2.34. The highest BCUT2D eigenvalue weighted by Gasteiger charge is 2.36. The Balaban J connectivity index is 1.41. The van der Waals surface area contributed by atoms with Crippen molar-refractivity contribution in [3.05, 3.63) is 94.1 Å². The van der Waals surface area contributed by atoms with E-state index in [1.807, 2.05) is 71.6 Å². The van der Waals surface area contributed by atoms with Gasteiger partial charge in [0.15, 0.2) is 0 Å². The van der Waals surface area contributed by atoms with Crippen molar-refractivity contribution in [3.63, 3.8) is 0 Å². The van der Waals surface area contributed by atoms with E-state index >= 15 is 0 Å². The highest BCUT2D eigenvalue weighted by molar-refractivity contribution is 6.31. The number of carbonyl (C=O) groups is 1. The van der Waals surface area contributed by atoms with E-state index in [0.29, 0.717) is 18.1 Å². The molecule has 0 atom stereocenters. The molecule has 0 saturated heterocycles. The number of halogens is 1. The molecule has 0 radical (unpaired) electrons. The highest BCUT2D eigenvalue weighted by atomic mass is 35.5. The maximum Gasteiger partial charge on any atom is 0.235 e. The second-order valence-corrected chi connectivity index (χ2v) is 8.33. The van der Waals surface area contributed by atoms with Gasteiger partial charge < -0.3 is 14.6 Å². The van der Waals surface area contributed by atoms with Crippen molar-refractivity contribution in [1.82, 2.24) is 9.88 Å². The summed E-state index contributed by atoms with van der Waals surface area (Å²) in [6.45, 7) is 1.27. The molecule has 4 nitrogen and oxygen atoms in total. The maximum absolute atomic E-state index is 13.8. The molecule has 0 saturated carbocycles. The van der Waals surface area contributed by atoms with Gasteiger partial charge in [0, 0.05) is 57.8 Å². The lowest BCUT2D eigenvalue weighted by molar-refractivity contribution is -0.132. The third-order valence-corrected chi connectivity index (χ3v) is 6.41. The zero-order chi connectivity index (χ0) is 20.2. The predicted molar refractivity (Wildman–Crippen MR) is 117 cm³/mol. The number of hydrogen-bond acceptors (Lipinski definition) is 2. The summed E-state index contributed by atoms with van der Waals surface area (Å²) in [5.41, 5.74) is 5.29. The number of H-pyrrole nitrogens is 1. The summed E-state index contributed by atoms with van der Waals surface area (Å²) >= 11 is 6.24. The van der Waals surface area contributed by atoms with Gasteiger partial charge in [-0.2, -0.15) is 0 Å². The summed E-state index contributed by atoms with van der Waals surface area (Å²) in [4.78, 5) is 19.3. The van der Waals surface area contributed by atoms with Crippen LogP contribution < -0.4 is 4.74 Å². The van der Waals surface area contributed by atoms with Crippen LogP contribution in [-0.2, 0) is 17.8 Å². The van der Waals surface area contributed by atoms with Gasteiger partial charge in [-0.15, -0.1) is 0 Å². The van der Waals surface area contributed by atoms with Crippen LogP contribution in [0.5, 0.6) is 11.5 Å². The van der Waals surface area contributed by atoms with Crippen molar-refractivity contribution < 1.29 is 9.53 Å². The summed E-state index contributed by atoms with van der Waals surface area (Å²) in [6.07, 6.45) is 0.805. The van der Waals surface area contributed by atoms with Gasteiger partial charge in [0.1, 0.15) is 11.5 Å². The molecular formula is C25H19ClN2O2. The normalized spacial score (nSPS) is 15.3. The Hall–Kier alpha value is -3.24. The van der Waals surface area contributed by atoms with Gasteiger partial charge in [0.2, 0.25) is 5.91 Å². The molecule has 6 rings (SSSR count). The third-order valence-electron chi connectivity index (χ3n) is 6.18. The quantitative estimate of drug-likeness (QED) is 0.438. The molecule has 148 valence electrons. The Labute approximate surface area is 179 Å². The molecule has 0 fully saturated rings. The molecule has 2 aliphatic heterocycles. The summed E-state index contributed by atoms with van der Waals surface area (Å²) < 4.78 is 6.07. The summed E-state index contributed by atoms with van der Waals surface area (Å²) in [6, 6.07) is 21.6. The lowest BCUT2D eigenvalue weighted by Crippen LogP contribution is -2.39. The topological polar surface area (TPSA) is 45.3 Å². The number of nitrogens with one attached hydrogen (secondary N) is 1. The molecule has 2 aliphatic rings. The smallest absolute Gasteiger partial charge is 0.235 e. The van der Waals surface area contributed by atoms with Crippen LogP contribution in [0, 0.1) is 0 Å². The van der Waals surface area contributed by atoms with Crippen LogP contribution in [0.25, 0.3) is 10.9 Å². The van der Waals surface area contributed by atoms with E-state index in [9.17, 15) is 4.79 Å². The van der Waals surface area contributed by atoms with Crippen LogP contribution in [0.15, 0.2) is 66.7 Å². The van der Waals surface area contributed by atoms with Crippen molar-refractivity contribution in [2.75, 3.05) is 6.54 Å². The number of ether oxygens (including phenoxy) is 1. The second-order valence-electron chi connectivity index (χ2n) is 7.89. The van der Waals surface area contributed by atoms with E-state index in [1.54, 1.807) is 0 Å². The van der Waals surface area contributed by atoms with Crippen LogP contribution in [0.3, 0.4) is 0 Å². The summed E-state index contributed by atoms with van der Waals surface area (Å²) in [5, 5.41) is 1.81. The molecule has 0 spiro atoms. The molecule has 0 bridgehead atoms. The fraction of sp³-hybridized carbons (Fsp3) is 0.160. The Bertz CT molecular complexity index is 1260. The van der Waals surface area contributed by atoms with Crippen molar-refractivity contribution >= 4 is 28.4 Å². The fourth-order valence-corrected chi connectivity index (χ4v) is 4.91. The van der Waals surface area contributed by atoms with Gasteiger partial charge in [-0.05, 0) is 30.3 Å². The Morgan fingerprint density at radius 1 is 1.00 bits per heavy atom. The van der Waals surface area contributed by atoms with Crippen molar-refractivity contribution in [1.29, 1.82) is 0 Å². The zero-order valence-electron chi connectivity index (χ0n) is 16.2. The van der Waals surface area contributed by atoms with Gasteiger partial charge in [0.25, 0.3) is 0 Å². The number of carbonyl (C=O) groups excluding carboxylic acids is 1. The first-order valence-corrected chi connectivity index (χ1v) is 10.5. The molecule has 5 heteroatoms. The van der Waals surface area contributed by atoms with E-state index < -0.39 is 0 Å². The minimum Gasteiger partial charge on any atom is -0.457 e. The second kappa shape index (κ2) is 6.64. The Kier molecular flexibility index (Phi) is 3.90. The number of fused-ring (bicyclic) bond motifs is 5. The summed E-state index contributed by atoms with van der Waals surface area (Å²) in [5.74, 6) is 1.26. The molecule has 30 heavy (non-hydrogen) atoms. The average molecular weight is 415 g/mol. The number of para-hydroxylation sites is 2. The minimum atomic E-state index is -0.360. The first-order chi connectivity index (χ1) is 14.7. The number of amides is 1. The van der Waals surface area contributed by atoms with Crippen LogP contribution in [0.1, 0.15) is 28.3 Å². The molecule has 3 heterocycles. The van der Waals surface area contributed by atoms with E-state index in [-0.39, 0.29) is 11.8 Å². The van der Waals surface area contributed by atoms with Crippen LogP contribution in [0.4, 0.5) is 0 Å². The van der Waals surface area contributed by atoms with E-state index in [2.05, 4.69) is 4.98 Å². The van der Waals surface area contributed by atoms with Crippen molar-refractivity contribution in [2.24, 2.45) is 0 Å². The van der Waals surface area contributed by atoms with Crippen LogP contribution in [-0.4, -0.2) is 22.3 Å². The standard InChI is InChI=1S/C25H19ClN2O2/c26-15-9-10-20-18(13-15)19-14-28(12-11-21(19)27-20)25(29)24-16-5-1-3-7-22(16)30-23-8-4-2-6-17(23)24/h1-10,13,24,27H,11-12,14H2. The van der Waals surface area contributed by atoms with Gasteiger partial charge >= 0.3 is 0 Å². The first-order valence-electron chi connectivity index (χ1n) is 10.1. The zero-order valence-corrected chi connectivity index (χ0v) is 16.9. The van der Waals surface area contributed by atoms with E-state index in [1.165, 1.54) is 11.3 Å². The SMILES string of the molecule is O=C(C1c2ccccc2Oc2ccccc21)N1CCc2[nH]c3ccc(Cl)cc3c2C1. The number of benzene rings is 3. The molecule has 1 N–H and O–H groups in total. The predicted octanol–water partition coefficient (Wildman–Crippen LogP) is 5.64. The Morgan fingerprint density at radius 2 is 1.70 bits per heavy atom. The van der Waals surface area contributed by atoms with Gasteiger partial charge in [-0.1, -0.05) is 48.0 Å². The molecule has 4 aromatic rings. The van der Waals surface area contributed by atoms with Gasteiger partial charge in [-0.3, -0.25) is 4.79 Å². The molecule has 3 aromatic carbocycles. The molecule has 1 aromatic heterocycles. The monoisotopic (exact) mass is 414 g/mol. The average Bonchev–Trinajstić information content (AvgIpc) is 3.14. The minimum absolute atomic E-state index is 0.111. The number of hydrogen-bond donors (Lipinski definition) is 1. The van der Waals surface area contributed by atoms with Crippen molar-refractivity contribution in [2.45, 2.75) is 18.9 Å². The number of aromatic amines is 1. The molecule has 0 aliphatic carbocycles. The largest absolute Gasteiger partial charge is 0.457 e. The molecule has 1 amide bonds. The van der Waals surface area contributed by atoms with Gasteiger partial charge in [-0.25, -0.2) is 0 Å². The first kappa shape index (κ1) is 17.6. The van der Waals surface area contributed by atoms with E-state index in [0.717, 1.165) is 39.9 Å². The fourth-order valence-electron chi connectivity index (χ4n) is 4.73. The summed E-state index contributed by atoms with van der Waals surface area (Å²) in [7, 11) is 0. The number of aromatic nitrogens is 1. The van der Waals surface area contributed by atoms with Crippen LogP contribution >= 0.6 is 11.6 Å². The Morgan fingerprint density at radius 3 is 2.43 bits per heavy atom. The van der Waals surface area contributed by atoms with E-state index in [4.69, 9.17) is 16.3 Å². The lowest BCUT2D eigenvalue weighted by atomic mass is 9.86. The van der Waals surface area contributed by atoms with Crippen molar-refractivity contribution in [3.8, 4) is 11.5 Å². The molecular weight excluding hydrogens is 396 g/mol. The highest BCUT2D eigenvalue weighted by Crippen LogP contribution is 2.45. The number of rotatable bonds is 1. The number of nitrogens with zero attached hydrogens (tertiary/aromatic N) is 1.